The molecule has 0 amide bonds. The molecule has 1 atom stereocenters. The Morgan fingerprint density at radius 1 is 1.33 bits per heavy atom. The van der Waals surface area contributed by atoms with Gasteiger partial charge in [0.15, 0.2) is 6.29 Å². The van der Waals surface area contributed by atoms with Crippen molar-refractivity contribution in [2.24, 2.45) is 0 Å². The van der Waals surface area contributed by atoms with Crippen LogP contribution in [0.25, 0.3) is 0 Å². The van der Waals surface area contributed by atoms with Crippen LogP contribution in [0.3, 0.4) is 0 Å². The molecule has 0 heterocycles. The van der Waals surface area contributed by atoms with Crippen molar-refractivity contribution < 1.29 is 24.1 Å². The van der Waals surface area contributed by atoms with Gasteiger partial charge in [0.2, 0.25) is 0 Å². The SMILES string of the molecule is COC(=O)C[C@@H](O)C(OC)OC. The highest BCUT2D eigenvalue weighted by Gasteiger charge is 2.21. The Kier molecular flexibility index (Phi) is 5.61. The Morgan fingerprint density at radius 2 is 1.83 bits per heavy atom. The second-order valence-corrected chi connectivity index (χ2v) is 2.19. The zero-order valence-corrected chi connectivity index (χ0v) is 7.44. The van der Waals surface area contributed by atoms with E-state index in [9.17, 15) is 9.90 Å². The number of hydrogen-bond donors (Lipinski definition) is 1. The molecule has 0 aromatic heterocycles. The molecule has 1 N–H and O–H groups in total. The first kappa shape index (κ1) is 11.4. The lowest BCUT2D eigenvalue weighted by Crippen LogP contribution is -2.32. The lowest BCUT2D eigenvalue weighted by atomic mass is 10.2. The predicted octanol–water partition coefficient (Wildman–Crippen LogP) is -0.471. The molecule has 5 heteroatoms. The smallest absolute Gasteiger partial charge is 0.308 e. The highest BCUT2D eigenvalue weighted by Crippen LogP contribution is 2.04. The minimum atomic E-state index is -0.993. The Balaban J connectivity index is 3.83. The quantitative estimate of drug-likeness (QED) is 0.455. The minimum absolute atomic E-state index is 0.136. The van der Waals surface area contributed by atoms with Crippen LogP contribution in [0.1, 0.15) is 6.42 Å². The van der Waals surface area contributed by atoms with Crippen molar-refractivity contribution in [2.75, 3.05) is 21.3 Å². The monoisotopic (exact) mass is 178 g/mol. The summed E-state index contributed by atoms with van der Waals surface area (Å²) >= 11 is 0. The third-order valence-corrected chi connectivity index (χ3v) is 1.38. The van der Waals surface area contributed by atoms with E-state index in [1.54, 1.807) is 0 Å². The molecule has 0 bridgehead atoms. The van der Waals surface area contributed by atoms with Gasteiger partial charge in [-0.25, -0.2) is 0 Å². The Labute approximate surface area is 71.2 Å². The largest absolute Gasteiger partial charge is 0.469 e. The van der Waals surface area contributed by atoms with Crippen molar-refractivity contribution in [2.45, 2.75) is 18.8 Å². The van der Waals surface area contributed by atoms with Crippen molar-refractivity contribution >= 4 is 5.97 Å². The number of carbonyl (C=O) groups excluding carboxylic acids is 1. The highest BCUT2D eigenvalue weighted by molar-refractivity contribution is 5.69. The van der Waals surface area contributed by atoms with Crippen molar-refractivity contribution in [3.63, 3.8) is 0 Å². The molecule has 12 heavy (non-hydrogen) atoms. The van der Waals surface area contributed by atoms with Crippen LogP contribution in [-0.2, 0) is 19.0 Å². The molecule has 0 aromatic carbocycles. The molecule has 0 aliphatic rings. The van der Waals surface area contributed by atoms with Crippen molar-refractivity contribution in [1.82, 2.24) is 0 Å². The minimum Gasteiger partial charge on any atom is -0.469 e. The maximum Gasteiger partial charge on any atom is 0.308 e. The number of rotatable bonds is 5. The van der Waals surface area contributed by atoms with Crippen LogP contribution < -0.4 is 0 Å². The maximum absolute atomic E-state index is 10.7. The summed E-state index contributed by atoms with van der Waals surface area (Å²) in [6.45, 7) is 0. The maximum atomic E-state index is 10.7. The van der Waals surface area contributed by atoms with Gasteiger partial charge < -0.3 is 19.3 Å². The van der Waals surface area contributed by atoms with E-state index in [0.29, 0.717) is 0 Å². The summed E-state index contributed by atoms with van der Waals surface area (Å²) in [6.07, 6.45) is -1.92. The van der Waals surface area contributed by atoms with Gasteiger partial charge in [0.1, 0.15) is 6.10 Å². The van der Waals surface area contributed by atoms with Gasteiger partial charge in [0.05, 0.1) is 13.5 Å². The molecule has 0 aliphatic carbocycles. The van der Waals surface area contributed by atoms with Gasteiger partial charge in [0.25, 0.3) is 0 Å². The zero-order chi connectivity index (χ0) is 9.56. The van der Waals surface area contributed by atoms with Gasteiger partial charge in [-0.2, -0.15) is 0 Å². The molecule has 0 aliphatic heterocycles. The van der Waals surface area contributed by atoms with Crippen molar-refractivity contribution in [1.29, 1.82) is 0 Å². The average Bonchev–Trinajstić information content (AvgIpc) is 2.06. The van der Waals surface area contributed by atoms with Gasteiger partial charge in [-0.05, 0) is 0 Å². The summed E-state index contributed by atoms with van der Waals surface area (Å²) in [7, 11) is 4.02. The Morgan fingerprint density at radius 3 is 2.17 bits per heavy atom. The second kappa shape index (κ2) is 5.93. The van der Waals surface area contributed by atoms with E-state index in [2.05, 4.69) is 4.74 Å². The first-order chi connectivity index (χ1) is 5.65. The number of hydrogen-bond acceptors (Lipinski definition) is 5. The fourth-order valence-corrected chi connectivity index (χ4v) is 0.761. The van der Waals surface area contributed by atoms with E-state index >= 15 is 0 Å². The molecule has 0 saturated heterocycles. The van der Waals surface area contributed by atoms with E-state index in [4.69, 9.17) is 9.47 Å². The molecule has 72 valence electrons. The van der Waals surface area contributed by atoms with Crippen molar-refractivity contribution in [3.05, 3.63) is 0 Å². The van der Waals surface area contributed by atoms with Crippen LogP contribution in [-0.4, -0.2) is 44.8 Å². The first-order valence-electron chi connectivity index (χ1n) is 3.46. The number of ether oxygens (including phenoxy) is 3. The van der Waals surface area contributed by atoms with Crippen LogP contribution in [0.5, 0.6) is 0 Å². The third-order valence-electron chi connectivity index (χ3n) is 1.38. The molecular formula is C7H14O5. The van der Waals surface area contributed by atoms with Gasteiger partial charge in [-0.1, -0.05) is 0 Å². The number of aliphatic hydroxyl groups excluding tert-OH is 1. The molecule has 0 radical (unpaired) electrons. The number of carbonyl (C=O) groups is 1. The third kappa shape index (κ3) is 3.66. The predicted molar refractivity (Wildman–Crippen MR) is 40.4 cm³/mol. The molecule has 0 saturated carbocycles. The van der Waals surface area contributed by atoms with Crippen LogP contribution in [0.4, 0.5) is 0 Å². The summed E-state index contributed by atoms with van der Waals surface area (Å²) in [4.78, 5) is 10.7. The summed E-state index contributed by atoms with van der Waals surface area (Å²) in [5.41, 5.74) is 0. The number of esters is 1. The molecule has 0 aromatic rings. The van der Waals surface area contributed by atoms with Crippen LogP contribution in [0, 0.1) is 0 Å². The fourth-order valence-electron chi connectivity index (χ4n) is 0.761. The van der Waals surface area contributed by atoms with E-state index in [-0.39, 0.29) is 6.42 Å². The molecule has 5 nitrogen and oxygen atoms in total. The Bertz CT molecular complexity index is 132. The van der Waals surface area contributed by atoms with E-state index in [1.807, 2.05) is 0 Å². The van der Waals surface area contributed by atoms with Gasteiger partial charge in [-0.3, -0.25) is 4.79 Å². The van der Waals surface area contributed by atoms with Crippen LogP contribution in [0.15, 0.2) is 0 Å². The molecule has 0 unspecified atom stereocenters. The standard InChI is InChI=1S/C7H14O5/c1-10-6(9)4-5(8)7(11-2)12-3/h5,7-8H,4H2,1-3H3/t5-/m1/s1. The zero-order valence-electron chi connectivity index (χ0n) is 7.44. The van der Waals surface area contributed by atoms with Crippen molar-refractivity contribution in [3.8, 4) is 0 Å². The first-order valence-corrected chi connectivity index (χ1v) is 3.46. The topological polar surface area (TPSA) is 65.0 Å². The summed E-state index contributed by atoms with van der Waals surface area (Å²) in [5, 5.41) is 9.26. The second-order valence-electron chi connectivity index (χ2n) is 2.19. The average molecular weight is 178 g/mol. The molecule has 0 rings (SSSR count). The highest BCUT2D eigenvalue weighted by atomic mass is 16.7. The summed E-state index contributed by atoms with van der Waals surface area (Å²) in [6, 6.07) is 0. The molecular weight excluding hydrogens is 164 g/mol. The lowest BCUT2D eigenvalue weighted by Gasteiger charge is -2.18. The van der Waals surface area contributed by atoms with E-state index in [0.717, 1.165) is 0 Å². The van der Waals surface area contributed by atoms with E-state index in [1.165, 1.54) is 21.3 Å². The molecule has 0 spiro atoms. The van der Waals surface area contributed by atoms with E-state index < -0.39 is 18.4 Å². The van der Waals surface area contributed by atoms with Gasteiger partial charge in [-0.15, -0.1) is 0 Å². The molecule has 0 fully saturated rings. The fraction of sp³-hybridized carbons (Fsp3) is 0.857. The summed E-state index contributed by atoms with van der Waals surface area (Å²) in [5.74, 6) is -0.499. The van der Waals surface area contributed by atoms with Gasteiger partial charge in [0, 0.05) is 14.2 Å². The van der Waals surface area contributed by atoms with Gasteiger partial charge >= 0.3 is 5.97 Å². The Hall–Kier alpha value is -0.650. The summed E-state index contributed by atoms with van der Waals surface area (Å²) < 4.78 is 13.8. The van der Waals surface area contributed by atoms with Crippen LogP contribution >= 0.6 is 0 Å². The lowest BCUT2D eigenvalue weighted by molar-refractivity contribution is -0.174. The number of methoxy groups -OCH3 is 3. The van der Waals surface area contributed by atoms with Crippen LogP contribution in [0.2, 0.25) is 0 Å². The number of aliphatic hydroxyl groups is 1. The normalized spacial score (nSPS) is 13.1.